The van der Waals surface area contributed by atoms with E-state index in [1.165, 1.54) is 0 Å². The van der Waals surface area contributed by atoms with Crippen LogP contribution in [0.3, 0.4) is 0 Å². The Morgan fingerprint density at radius 3 is 1.59 bits per heavy atom. The fourth-order valence-corrected chi connectivity index (χ4v) is 3.57. The highest BCUT2D eigenvalue weighted by atomic mass is 32.1. The monoisotopic (exact) mass is 539 g/mol. The van der Waals surface area contributed by atoms with Crippen LogP contribution < -0.4 is 17.1 Å². The number of rotatable bonds is 16. The predicted octanol–water partition coefficient (Wildman–Crippen LogP) is -1.04. The van der Waals surface area contributed by atoms with E-state index in [-0.39, 0.29) is 58.4 Å². The lowest BCUT2D eigenvalue weighted by atomic mass is 10.3. The molecule has 0 aromatic carbocycles. The molecule has 0 spiro atoms. The van der Waals surface area contributed by atoms with Gasteiger partial charge in [-0.1, -0.05) is 0 Å². The number of carbonyl (C=O) groups excluding carboxylic acids is 2. The average Bonchev–Trinajstić information content (AvgIpc) is 3.53. The first kappa shape index (κ1) is 28.6. The van der Waals surface area contributed by atoms with E-state index >= 15 is 0 Å². The van der Waals surface area contributed by atoms with Crippen molar-refractivity contribution in [1.82, 2.24) is 13.7 Å². The molecule has 2 heterocycles. The minimum Gasteiger partial charge on any atom is -0.464 e. The Labute approximate surface area is 211 Å². The molecule has 0 bridgehead atoms. The molecular formula is C19H29N3O9S3. The van der Waals surface area contributed by atoms with Crippen molar-refractivity contribution in [1.29, 1.82) is 0 Å². The number of epoxide rings is 1. The lowest BCUT2D eigenvalue weighted by molar-refractivity contribution is -0.144. The first-order chi connectivity index (χ1) is 16.3. The number of carbonyl (C=O) groups is 2. The van der Waals surface area contributed by atoms with Gasteiger partial charge in [0.25, 0.3) is 0 Å². The van der Waals surface area contributed by atoms with E-state index in [1.807, 2.05) is 0 Å². The fraction of sp³-hybridized carbons (Fsp3) is 0.737. The summed E-state index contributed by atoms with van der Waals surface area (Å²) in [4.78, 5) is 61.6. The van der Waals surface area contributed by atoms with Crippen LogP contribution in [-0.4, -0.2) is 75.1 Å². The van der Waals surface area contributed by atoms with Gasteiger partial charge < -0.3 is 18.9 Å². The van der Waals surface area contributed by atoms with Crippen LogP contribution in [0.4, 0.5) is 0 Å². The third-order valence-electron chi connectivity index (χ3n) is 4.72. The molecule has 1 aromatic rings. The van der Waals surface area contributed by atoms with E-state index in [2.05, 4.69) is 37.9 Å². The quantitative estimate of drug-likeness (QED) is 0.136. The number of nitrogens with zero attached hydrogens (tertiary/aromatic N) is 3. The third-order valence-corrected chi connectivity index (χ3v) is 5.43. The molecule has 0 saturated carbocycles. The van der Waals surface area contributed by atoms with E-state index in [4.69, 9.17) is 18.9 Å². The van der Waals surface area contributed by atoms with E-state index in [9.17, 15) is 24.0 Å². The van der Waals surface area contributed by atoms with Crippen molar-refractivity contribution in [2.75, 3.05) is 37.1 Å². The number of esters is 2. The smallest absolute Gasteiger partial charge is 0.336 e. The molecule has 0 aliphatic carbocycles. The molecule has 1 aliphatic rings. The molecule has 1 aromatic heterocycles. The lowest BCUT2D eigenvalue weighted by Crippen LogP contribution is -2.55. The normalized spacial score (nSPS) is 16.9. The maximum atomic E-state index is 12.9. The van der Waals surface area contributed by atoms with Gasteiger partial charge in [0.2, 0.25) is 0 Å². The van der Waals surface area contributed by atoms with Crippen molar-refractivity contribution >= 4 is 49.8 Å². The van der Waals surface area contributed by atoms with E-state index in [0.717, 1.165) is 13.7 Å². The van der Waals surface area contributed by atoms with E-state index in [1.54, 1.807) is 0 Å². The third kappa shape index (κ3) is 8.52. The Balaban J connectivity index is 2.17. The number of hydrogen-bond donors (Lipinski definition) is 3. The van der Waals surface area contributed by atoms with Gasteiger partial charge in [0.1, 0.15) is 19.3 Å². The second kappa shape index (κ2) is 14.7. The van der Waals surface area contributed by atoms with Crippen LogP contribution in [0.15, 0.2) is 14.4 Å². The predicted molar refractivity (Wildman–Crippen MR) is 131 cm³/mol. The van der Waals surface area contributed by atoms with Gasteiger partial charge in [0.15, 0.2) is 6.29 Å². The first-order valence-corrected chi connectivity index (χ1v) is 12.6. The number of thiol groups is 3. The fourth-order valence-electron chi connectivity index (χ4n) is 2.95. The average molecular weight is 540 g/mol. The first-order valence-electron chi connectivity index (χ1n) is 10.7. The summed E-state index contributed by atoms with van der Waals surface area (Å²) in [6, 6.07) is 0. The lowest BCUT2D eigenvalue weighted by Gasteiger charge is -2.14. The van der Waals surface area contributed by atoms with Gasteiger partial charge in [-0.05, 0) is 12.2 Å². The van der Waals surface area contributed by atoms with Crippen LogP contribution in [0.5, 0.6) is 0 Å². The maximum absolute atomic E-state index is 12.9. The van der Waals surface area contributed by atoms with Crippen molar-refractivity contribution < 1.29 is 28.5 Å². The molecule has 2 rings (SSSR count). The van der Waals surface area contributed by atoms with Gasteiger partial charge in [-0.2, -0.15) is 37.9 Å². The summed E-state index contributed by atoms with van der Waals surface area (Å²) in [5.74, 6) is 0.170. The summed E-state index contributed by atoms with van der Waals surface area (Å²) in [7, 11) is 0. The van der Waals surface area contributed by atoms with Gasteiger partial charge in [-0.3, -0.25) is 9.59 Å². The standard InChI is InChI=1S/C19H29N3O9S3/c23-14(2-11-33)28-7-4-20-17(25)21(5-8-29-15(24)3-12-34)19(27)22(18(20)26)6-9-30-16-13(31-16)1-10-32/h13,16,32-34H,1-12H2/t13-,16?/m0/s1. The molecule has 12 nitrogen and oxygen atoms in total. The molecule has 15 heteroatoms. The molecule has 0 amide bonds. The Morgan fingerprint density at radius 1 is 0.735 bits per heavy atom. The highest BCUT2D eigenvalue weighted by Crippen LogP contribution is 2.26. The van der Waals surface area contributed by atoms with Crippen LogP contribution >= 0.6 is 37.9 Å². The van der Waals surface area contributed by atoms with Crippen LogP contribution in [-0.2, 0) is 48.2 Å². The maximum Gasteiger partial charge on any atom is 0.336 e. The number of ether oxygens (including phenoxy) is 4. The highest BCUT2D eigenvalue weighted by molar-refractivity contribution is 7.80. The molecular weight excluding hydrogens is 510 g/mol. The summed E-state index contributed by atoms with van der Waals surface area (Å²) >= 11 is 12.0. The van der Waals surface area contributed by atoms with Gasteiger partial charge in [-0.25, -0.2) is 28.1 Å². The summed E-state index contributed by atoms with van der Waals surface area (Å²) < 4.78 is 23.3. The van der Waals surface area contributed by atoms with Crippen molar-refractivity contribution in [2.24, 2.45) is 0 Å². The highest BCUT2D eigenvalue weighted by Gasteiger charge is 2.38. The molecule has 34 heavy (non-hydrogen) atoms. The van der Waals surface area contributed by atoms with Crippen molar-refractivity contribution in [3.05, 3.63) is 31.5 Å². The minimum absolute atomic E-state index is 0.00501. The van der Waals surface area contributed by atoms with Crippen LogP contribution in [0.2, 0.25) is 0 Å². The van der Waals surface area contributed by atoms with Gasteiger partial charge in [0, 0.05) is 11.5 Å². The Bertz CT molecular complexity index is 945. The zero-order valence-electron chi connectivity index (χ0n) is 18.5. The summed E-state index contributed by atoms with van der Waals surface area (Å²) in [5.41, 5.74) is -2.63. The van der Waals surface area contributed by atoms with E-state index < -0.39 is 35.3 Å². The molecule has 1 aliphatic heterocycles. The van der Waals surface area contributed by atoms with E-state index in [0.29, 0.717) is 23.7 Å². The molecule has 1 saturated heterocycles. The molecule has 0 N–H and O–H groups in total. The van der Waals surface area contributed by atoms with Crippen LogP contribution in [0, 0.1) is 0 Å². The molecule has 2 atom stereocenters. The zero-order chi connectivity index (χ0) is 25.1. The second-order valence-corrected chi connectivity index (χ2v) is 8.46. The van der Waals surface area contributed by atoms with Gasteiger partial charge >= 0.3 is 29.0 Å². The molecule has 192 valence electrons. The topological polar surface area (TPSA) is 140 Å². The Kier molecular flexibility index (Phi) is 12.3. The molecule has 1 fully saturated rings. The largest absolute Gasteiger partial charge is 0.464 e. The summed E-state index contributed by atoms with van der Waals surface area (Å²) in [6.07, 6.45) is 0.373. The number of hydrogen-bond acceptors (Lipinski definition) is 12. The Hall–Kier alpha value is -1.68. The van der Waals surface area contributed by atoms with Crippen molar-refractivity contribution in [2.45, 2.75) is 51.3 Å². The summed E-state index contributed by atoms with van der Waals surface area (Å²) in [6.45, 7) is -1.14. The summed E-state index contributed by atoms with van der Waals surface area (Å²) in [5, 5.41) is 0. The van der Waals surface area contributed by atoms with Crippen LogP contribution in [0.1, 0.15) is 19.3 Å². The minimum atomic E-state index is -0.901. The zero-order valence-corrected chi connectivity index (χ0v) is 21.2. The SMILES string of the molecule is O=C(CCS)OCCn1c(=O)n(CCOC(=O)CCS)c(=O)n(CCOC2O[C@H]2CCS)c1=O. The molecule has 0 radical (unpaired) electrons. The van der Waals surface area contributed by atoms with Gasteiger partial charge in [0.05, 0.1) is 39.1 Å². The van der Waals surface area contributed by atoms with Crippen molar-refractivity contribution in [3.63, 3.8) is 0 Å². The van der Waals surface area contributed by atoms with Gasteiger partial charge in [-0.15, -0.1) is 0 Å². The van der Waals surface area contributed by atoms with Crippen molar-refractivity contribution in [3.8, 4) is 0 Å². The number of aromatic nitrogens is 3. The Morgan fingerprint density at radius 2 is 1.18 bits per heavy atom. The second-order valence-electron chi connectivity index (χ2n) is 7.12. The van der Waals surface area contributed by atoms with Crippen LogP contribution in [0.25, 0.3) is 0 Å². The molecule has 1 unspecified atom stereocenters.